The van der Waals surface area contributed by atoms with Crippen molar-refractivity contribution in [3.63, 3.8) is 0 Å². The Morgan fingerprint density at radius 1 is 1.54 bits per heavy atom. The van der Waals surface area contributed by atoms with E-state index in [0.29, 0.717) is 0 Å². The van der Waals surface area contributed by atoms with E-state index in [1.54, 1.807) is 11.3 Å². The van der Waals surface area contributed by atoms with Gasteiger partial charge in [0.1, 0.15) is 0 Å². The highest BCUT2D eigenvalue weighted by Crippen LogP contribution is 2.22. The monoisotopic (exact) mass is 262 g/mol. The smallest absolute Gasteiger partial charge is 0.0701 e. The molecule has 2 N–H and O–H groups in total. The van der Waals surface area contributed by atoms with Crippen LogP contribution in [0.5, 0.6) is 0 Å². The third-order valence-corrected chi connectivity index (χ3v) is 3.41. The fraction of sp³-hybridized carbons (Fsp3) is 0.556. The van der Waals surface area contributed by atoms with Crippen LogP contribution in [0.2, 0.25) is 0 Å². The fourth-order valence-electron chi connectivity index (χ4n) is 1.14. The summed E-state index contributed by atoms with van der Waals surface area (Å²) < 4.78 is 1.20. The first kappa shape index (κ1) is 11.2. The van der Waals surface area contributed by atoms with E-state index in [1.807, 2.05) is 0 Å². The minimum absolute atomic E-state index is 0.776. The number of halogens is 1. The largest absolute Gasteiger partial charge is 0.330 e. The Kier molecular flexibility index (Phi) is 4.94. The van der Waals surface area contributed by atoms with Crippen molar-refractivity contribution >= 4 is 27.3 Å². The summed E-state index contributed by atoms with van der Waals surface area (Å²) in [6, 6.07) is 4.25. The number of rotatable bonds is 5. The summed E-state index contributed by atoms with van der Waals surface area (Å²) in [5.41, 5.74) is 5.44. The molecule has 0 bridgehead atoms. The number of hydrogen-bond donors (Lipinski definition) is 1. The molecule has 0 amide bonds. The molecule has 0 spiro atoms. The molecular formula is C9H15BrN2S. The van der Waals surface area contributed by atoms with Crippen LogP contribution in [0, 0.1) is 0 Å². The van der Waals surface area contributed by atoms with Crippen LogP contribution in [0.15, 0.2) is 15.9 Å². The molecular weight excluding hydrogens is 248 g/mol. The van der Waals surface area contributed by atoms with E-state index < -0.39 is 0 Å². The SMILES string of the molecule is CN(CCCN)Cc1ccc(Br)s1. The average Bonchev–Trinajstić information content (AvgIpc) is 2.48. The molecule has 0 aliphatic carbocycles. The Labute approximate surface area is 91.9 Å². The molecule has 13 heavy (non-hydrogen) atoms. The molecule has 1 aromatic rings. The van der Waals surface area contributed by atoms with E-state index >= 15 is 0 Å². The zero-order chi connectivity index (χ0) is 9.68. The van der Waals surface area contributed by atoms with Crippen LogP contribution in [-0.4, -0.2) is 25.0 Å². The molecule has 0 aromatic carbocycles. The Morgan fingerprint density at radius 2 is 2.31 bits per heavy atom. The molecule has 74 valence electrons. The van der Waals surface area contributed by atoms with Gasteiger partial charge in [-0.1, -0.05) is 0 Å². The van der Waals surface area contributed by atoms with Crippen molar-refractivity contribution in [2.75, 3.05) is 20.1 Å². The second kappa shape index (κ2) is 5.75. The van der Waals surface area contributed by atoms with Crippen molar-refractivity contribution in [3.8, 4) is 0 Å². The van der Waals surface area contributed by atoms with Gasteiger partial charge in [-0.2, -0.15) is 0 Å². The second-order valence-electron chi connectivity index (χ2n) is 3.09. The van der Waals surface area contributed by atoms with Gasteiger partial charge in [0.15, 0.2) is 0 Å². The highest BCUT2D eigenvalue weighted by molar-refractivity contribution is 9.11. The van der Waals surface area contributed by atoms with E-state index in [9.17, 15) is 0 Å². The summed E-state index contributed by atoms with van der Waals surface area (Å²) in [4.78, 5) is 3.69. The molecule has 0 fully saturated rings. The number of nitrogens with zero attached hydrogens (tertiary/aromatic N) is 1. The Hall–Kier alpha value is 0.1000. The van der Waals surface area contributed by atoms with Crippen LogP contribution < -0.4 is 5.73 Å². The molecule has 2 nitrogen and oxygen atoms in total. The molecule has 0 radical (unpaired) electrons. The fourth-order valence-corrected chi connectivity index (χ4v) is 2.71. The predicted molar refractivity (Wildman–Crippen MR) is 62.0 cm³/mol. The van der Waals surface area contributed by atoms with E-state index in [1.165, 1.54) is 8.66 Å². The van der Waals surface area contributed by atoms with Crippen molar-refractivity contribution in [3.05, 3.63) is 20.8 Å². The lowest BCUT2D eigenvalue weighted by molar-refractivity contribution is 0.327. The maximum Gasteiger partial charge on any atom is 0.0701 e. The Balaban J connectivity index is 2.31. The maximum absolute atomic E-state index is 5.44. The third kappa shape index (κ3) is 4.22. The zero-order valence-corrected chi connectivity index (χ0v) is 10.2. The van der Waals surface area contributed by atoms with E-state index in [4.69, 9.17) is 5.73 Å². The molecule has 1 rings (SSSR count). The first-order chi connectivity index (χ1) is 6.22. The van der Waals surface area contributed by atoms with Crippen molar-refractivity contribution in [1.82, 2.24) is 4.90 Å². The van der Waals surface area contributed by atoms with Crippen LogP contribution in [0.25, 0.3) is 0 Å². The normalized spacial score (nSPS) is 11.1. The quantitative estimate of drug-likeness (QED) is 0.883. The Bertz CT molecular complexity index is 250. The van der Waals surface area contributed by atoms with Gasteiger partial charge in [0.25, 0.3) is 0 Å². The zero-order valence-electron chi connectivity index (χ0n) is 7.79. The molecule has 1 heterocycles. The minimum Gasteiger partial charge on any atom is -0.330 e. The van der Waals surface area contributed by atoms with Crippen LogP contribution in [-0.2, 0) is 6.54 Å². The second-order valence-corrected chi connectivity index (χ2v) is 5.63. The van der Waals surface area contributed by atoms with Crippen LogP contribution in [0.1, 0.15) is 11.3 Å². The lowest BCUT2D eigenvalue weighted by Gasteiger charge is -2.14. The number of hydrogen-bond acceptors (Lipinski definition) is 3. The third-order valence-electron chi connectivity index (χ3n) is 1.80. The molecule has 0 saturated heterocycles. The number of nitrogens with two attached hydrogens (primary N) is 1. The van der Waals surface area contributed by atoms with Gasteiger partial charge in [0.05, 0.1) is 3.79 Å². The molecule has 1 aromatic heterocycles. The molecule has 0 saturated carbocycles. The number of thiophene rings is 1. The van der Waals surface area contributed by atoms with E-state index in [2.05, 4.69) is 40.0 Å². The topological polar surface area (TPSA) is 29.3 Å². The van der Waals surface area contributed by atoms with Crippen molar-refractivity contribution in [2.24, 2.45) is 5.73 Å². The van der Waals surface area contributed by atoms with Gasteiger partial charge in [0, 0.05) is 11.4 Å². The van der Waals surface area contributed by atoms with Crippen molar-refractivity contribution in [1.29, 1.82) is 0 Å². The lowest BCUT2D eigenvalue weighted by Crippen LogP contribution is -2.20. The van der Waals surface area contributed by atoms with Gasteiger partial charge in [0.2, 0.25) is 0 Å². The Morgan fingerprint density at radius 3 is 2.85 bits per heavy atom. The van der Waals surface area contributed by atoms with E-state index in [0.717, 1.165) is 26.1 Å². The van der Waals surface area contributed by atoms with Gasteiger partial charge >= 0.3 is 0 Å². The van der Waals surface area contributed by atoms with E-state index in [-0.39, 0.29) is 0 Å². The van der Waals surface area contributed by atoms with Gasteiger partial charge in [-0.15, -0.1) is 11.3 Å². The summed E-state index contributed by atoms with van der Waals surface area (Å²) in [5, 5.41) is 0. The first-order valence-corrected chi connectivity index (χ1v) is 5.96. The van der Waals surface area contributed by atoms with Crippen molar-refractivity contribution < 1.29 is 0 Å². The molecule has 0 atom stereocenters. The van der Waals surface area contributed by atoms with Crippen LogP contribution >= 0.6 is 27.3 Å². The highest BCUT2D eigenvalue weighted by Gasteiger charge is 2.01. The summed E-state index contributed by atoms with van der Waals surface area (Å²) in [6.07, 6.45) is 1.07. The van der Waals surface area contributed by atoms with Gasteiger partial charge in [-0.3, -0.25) is 0 Å². The standard InChI is InChI=1S/C9H15BrN2S/c1-12(6-2-5-11)7-8-3-4-9(10)13-8/h3-4H,2,5-7,11H2,1H3. The minimum atomic E-state index is 0.776. The molecule has 0 aliphatic rings. The maximum atomic E-state index is 5.44. The molecule has 0 unspecified atom stereocenters. The summed E-state index contributed by atoms with van der Waals surface area (Å²) in [5.74, 6) is 0. The summed E-state index contributed by atoms with van der Waals surface area (Å²) in [6.45, 7) is 2.88. The predicted octanol–water partition coefficient (Wildman–Crippen LogP) is 2.29. The highest BCUT2D eigenvalue weighted by atomic mass is 79.9. The van der Waals surface area contributed by atoms with Gasteiger partial charge in [-0.05, 0) is 54.6 Å². The van der Waals surface area contributed by atoms with Gasteiger partial charge in [-0.25, -0.2) is 0 Å². The van der Waals surface area contributed by atoms with Gasteiger partial charge < -0.3 is 10.6 Å². The first-order valence-electron chi connectivity index (χ1n) is 4.35. The summed E-state index contributed by atoms with van der Waals surface area (Å²) in [7, 11) is 2.13. The lowest BCUT2D eigenvalue weighted by atomic mass is 10.3. The van der Waals surface area contributed by atoms with Crippen molar-refractivity contribution in [2.45, 2.75) is 13.0 Å². The summed E-state index contributed by atoms with van der Waals surface area (Å²) >= 11 is 5.25. The van der Waals surface area contributed by atoms with Crippen LogP contribution in [0.3, 0.4) is 0 Å². The van der Waals surface area contributed by atoms with Crippen LogP contribution in [0.4, 0.5) is 0 Å². The molecule has 0 aliphatic heterocycles. The molecule has 4 heteroatoms. The average molecular weight is 263 g/mol.